The largest absolute Gasteiger partial charge is 0.496 e. The average Bonchev–Trinajstić information content (AvgIpc) is 3.38. The molecule has 3 aromatic carbocycles. The minimum atomic E-state index is -1.14. The van der Waals surface area contributed by atoms with E-state index in [1.807, 2.05) is 79.9 Å². The van der Waals surface area contributed by atoms with Crippen molar-refractivity contribution in [2.45, 2.75) is 23.3 Å². The highest BCUT2D eigenvalue weighted by Crippen LogP contribution is 2.51. The van der Waals surface area contributed by atoms with Crippen molar-refractivity contribution in [2.75, 3.05) is 24.8 Å². The van der Waals surface area contributed by atoms with Gasteiger partial charge >= 0.3 is 6.03 Å². The predicted molar refractivity (Wildman–Crippen MR) is 138 cm³/mol. The molecule has 0 spiro atoms. The molecule has 176 valence electrons. The monoisotopic (exact) mass is 483 g/mol. The molecule has 1 unspecified atom stereocenters. The minimum Gasteiger partial charge on any atom is -0.496 e. The number of aromatic nitrogens is 1. The summed E-state index contributed by atoms with van der Waals surface area (Å²) in [6.45, 7) is 2.23. The highest BCUT2D eigenvalue weighted by atomic mass is 32.2. The van der Waals surface area contributed by atoms with Gasteiger partial charge in [-0.25, -0.2) is 9.69 Å². The Balaban J connectivity index is 1.57. The zero-order valence-electron chi connectivity index (χ0n) is 19.7. The molecule has 2 aliphatic rings. The van der Waals surface area contributed by atoms with Crippen LogP contribution in [0.3, 0.4) is 0 Å². The number of carbonyl (C=O) groups is 2. The molecule has 6 rings (SSSR count). The van der Waals surface area contributed by atoms with Gasteiger partial charge in [0.15, 0.2) is 5.54 Å². The molecule has 6 nitrogen and oxygen atoms in total. The maximum absolute atomic E-state index is 14.0. The van der Waals surface area contributed by atoms with E-state index in [4.69, 9.17) is 4.74 Å². The second kappa shape index (κ2) is 7.92. The number of benzene rings is 3. The number of hydrogen-bond donors (Lipinski definition) is 1. The van der Waals surface area contributed by atoms with Crippen molar-refractivity contribution in [3.63, 3.8) is 0 Å². The lowest BCUT2D eigenvalue weighted by Crippen LogP contribution is -2.50. The molecule has 0 bridgehead atoms. The second-order valence-corrected chi connectivity index (χ2v) is 9.94. The summed E-state index contributed by atoms with van der Waals surface area (Å²) < 4.78 is 5.71. The average molecular weight is 484 g/mol. The van der Waals surface area contributed by atoms with Crippen LogP contribution in [-0.2, 0) is 10.3 Å². The molecule has 1 aromatic heterocycles. The molecule has 3 heterocycles. The number of para-hydroxylation sites is 2. The first-order chi connectivity index (χ1) is 17.0. The minimum absolute atomic E-state index is 0.152. The summed E-state index contributed by atoms with van der Waals surface area (Å²) in [6.07, 6.45) is 2.00. The van der Waals surface area contributed by atoms with Crippen molar-refractivity contribution in [1.82, 2.24) is 9.88 Å². The van der Waals surface area contributed by atoms with Gasteiger partial charge in [-0.1, -0.05) is 36.4 Å². The number of H-pyrrole nitrogens is 1. The van der Waals surface area contributed by atoms with E-state index in [2.05, 4.69) is 11.1 Å². The van der Waals surface area contributed by atoms with Crippen LogP contribution in [0.1, 0.15) is 29.7 Å². The fraction of sp³-hybridized carbons (Fsp3) is 0.214. The number of amides is 3. The number of fused-ring (bicyclic) bond motifs is 5. The number of methoxy groups -OCH3 is 1. The highest BCUT2D eigenvalue weighted by Gasteiger charge is 2.60. The van der Waals surface area contributed by atoms with Crippen LogP contribution in [-0.4, -0.2) is 41.7 Å². The van der Waals surface area contributed by atoms with Crippen LogP contribution in [0.15, 0.2) is 77.7 Å². The number of thioether (sulfide) groups is 1. The molecule has 0 aliphatic carbocycles. The first-order valence-corrected chi connectivity index (χ1v) is 12.8. The number of ether oxygens (including phenoxy) is 1. The van der Waals surface area contributed by atoms with E-state index in [1.165, 1.54) is 4.90 Å². The van der Waals surface area contributed by atoms with E-state index < -0.39 is 5.54 Å². The summed E-state index contributed by atoms with van der Waals surface area (Å²) in [5, 5.41) is 1.06. The zero-order valence-corrected chi connectivity index (χ0v) is 20.6. The van der Waals surface area contributed by atoms with Gasteiger partial charge in [0.2, 0.25) is 0 Å². The van der Waals surface area contributed by atoms with E-state index >= 15 is 0 Å². The van der Waals surface area contributed by atoms with Crippen LogP contribution in [0.5, 0.6) is 5.75 Å². The number of imide groups is 1. The molecule has 35 heavy (non-hydrogen) atoms. The number of urea groups is 1. The standard InChI is InChI=1S/C28H25N3O3S/c1-28-25-24(20-9-4-6-10-22(20)29-25)21(19-8-5-7-11-23(19)34-2)16-30(28)27(33)31(26(28)32)17-12-14-18(35-3)15-13-17/h4-15,21,29H,16H2,1-3H3/t21?,28-/m0/s1. The first-order valence-electron chi connectivity index (χ1n) is 11.5. The van der Waals surface area contributed by atoms with Gasteiger partial charge in [0.05, 0.1) is 18.5 Å². The Labute approximate surface area is 207 Å². The Morgan fingerprint density at radius 1 is 1.00 bits per heavy atom. The maximum Gasteiger partial charge on any atom is 0.332 e. The lowest BCUT2D eigenvalue weighted by Gasteiger charge is -2.40. The van der Waals surface area contributed by atoms with Gasteiger partial charge in [-0.15, -0.1) is 11.8 Å². The van der Waals surface area contributed by atoms with E-state index in [0.29, 0.717) is 12.2 Å². The Kier molecular flexibility index (Phi) is 4.93. The fourth-order valence-corrected chi connectivity index (χ4v) is 5.99. The number of carbonyl (C=O) groups excluding carboxylic acids is 2. The molecule has 2 aliphatic heterocycles. The van der Waals surface area contributed by atoms with E-state index in [-0.39, 0.29) is 17.9 Å². The Morgan fingerprint density at radius 3 is 2.46 bits per heavy atom. The SMILES string of the molecule is COc1ccccc1C1CN2C(=O)N(c3ccc(SC)cc3)C(=O)[C@]2(C)c2[nH]c3ccccc3c21. The van der Waals surface area contributed by atoms with Crippen LogP contribution in [0, 0.1) is 0 Å². The van der Waals surface area contributed by atoms with Crippen LogP contribution in [0.4, 0.5) is 10.5 Å². The van der Waals surface area contributed by atoms with Crippen LogP contribution >= 0.6 is 11.8 Å². The molecule has 0 radical (unpaired) electrons. The fourth-order valence-electron chi connectivity index (χ4n) is 5.59. The van der Waals surface area contributed by atoms with Crippen molar-refractivity contribution < 1.29 is 14.3 Å². The van der Waals surface area contributed by atoms with Crippen molar-refractivity contribution in [1.29, 1.82) is 0 Å². The number of nitrogens with zero attached hydrogens (tertiary/aromatic N) is 2. The summed E-state index contributed by atoms with van der Waals surface area (Å²) in [7, 11) is 1.66. The smallest absolute Gasteiger partial charge is 0.332 e. The van der Waals surface area contributed by atoms with Gasteiger partial charge in [0, 0.05) is 33.8 Å². The number of aromatic amines is 1. The first kappa shape index (κ1) is 21.8. The Bertz CT molecular complexity index is 1480. The number of anilines is 1. The molecule has 0 saturated carbocycles. The van der Waals surface area contributed by atoms with Crippen molar-refractivity contribution in [3.05, 3.63) is 89.6 Å². The molecule has 2 atom stereocenters. The van der Waals surface area contributed by atoms with Crippen molar-refractivity contribution in [3.8, 4) is 5.75 Å². The van der Waals surface area contributed by atoms with Gasteiger partial charge in [0.1, 0.15) is 5.75 Å². The van der Waals surface area contributed by atoms with Crippen LogP contribution in [0.2, 0.25) is 0 Å². The lowest BCUT2D eigenvalue weighted by atomic mass is 9.78. The molecular weight excluding hydrogens is 458 g/mol. The number of rotatable bonds is 4. The molecule has 4 aromatic rings. The molecule has 1 N–H and O–H groups in total. The third kappa shape index (κ3) is 2.97. The van der Waals surface area contributed by atoms with Gasteiger partial charge in [-0.2, -0.15) is 0 Å². The molecule has 7 heteroatoms. The van der Waals surface area contributed by atoms with Gasteiger partial charge in [-0.3, -0.25) is 4.79 Å². The number of nitrogens with one attached hydrogen (secondary N) is 1. The summed E-state index contributed by atoms with van der Waals surface area (Å²) in [4.78, 5) is 35.5. The number of hydrogen-bond acceptors (Lipinski definition) is 4. The predicted octanol–water partition coefficient (Wildman–Crippen LogP) is 5.73. The third-order valence-corrected chi connectivity index (χ3v) is 8.12. The van der Waals surface area contributed by atoms with Crippen LogP contribution in [0.25, 0.3) is 10.9 Å². The molecular formula is C28H25N3O3S. The summed E-state index contributed by atoms with van der Waals surface area (Å²) in [5.74, 6) is 0.367. The quantitative estimate of drug-likeness (QED) is 0.297. The molecule has 3 amide bonds. The summed E-state index contributed by atoms with van der Waals surface area (Å²) in [5.41, 5.74) is 3.20. The van der Waals surface area contributed by atoms with Crippen molar-refractivity contribution >= 4 is 40.3 Å². The van der Waals surface area contributed by atoms with Gasteiger partial charge < -0.3 is 14.6 Å². The summed E-state index contributed by atoms with van der Waals surface area (Å²) in [6, 6.07) is 23.2. The summed E-state index contributed by atoms with van der Waals surface area (Å²) >= 11 is 1.62. The van der Waals surface area contributed by atoms with Crippen molar-refractivity contribution in [2.24, 2.45) is 0 Å². The van der Waals surface area contributed by atoms with Gasteiger partial charge in [-0.05, 0) is 55.1 Å². The Morgan fingerprint density at radius 2 is 1.71 bits per heavy atom. The highest BCUT2D eigenvalue weighted by molar-refractivity contribution is 7.98. The topological polar surface area (TPSA) is 65.6 Å². The lowest BCUT2D eigenvalue weighted by molar-refractivity contribution is -0.125. The van der Waals surface area contributed by atoms with Crippen LogP contribution < -0.4 is 9.64 Å². The zero-order chi connectivity index (χ0) is 24.3. The maximum atomic E-state index is 14.0. The second-order valence-electron chi connectivity index (χ2n) is 9.06. The van der Waals surface area contributed by atoms with Gasteiger partial charge in [0.25, 0.3) is 5.91 Å². The van der Waals surface area contributed by atoms with E-state index in [0.717, 1.165) is 38.4 Å². The van der Waals surface area contributed by atoms with E-state index in [1.54, 1.807) is 23.8 Å². The normalized spacial score (nSPS) is 21.4. The molecule has 1 fully saturated rings. The van der Waals surface area contributed by atoms with E-state index in [9.17, 15) is 9.59 Å². The third-order valence-electron chi connectivity index (χ3n) is 7.37. The Hall–Kier alpha value is -3.71. The molecule has 1 saturated heterocycles.